The molecule has 0 fully saturated rings. The van der Waals surface area contributed by atoms with Gasteiger partial charge in [-0.25, -0.2) is 4.79 Å². The number of hydrogen-bond donors (Lipinski definition) is 1. The first-order valence-electron chi connectivity index (χ1n) is 5.76. The molecule has 0 amide bonds. The van der Waals surface area contributed by atoms with Gasteiger partial charge in [0.15, 0.2) is 0 Å². The van der Waals surface area contributed by atoms with Crippen LogP contribution < -0.4 is 0 Å². The van der Waals surface area contributed by atoms with Crippen LogP contribution in [0.1, 0.15) is 10.4 Å². The van der Waals surface area contributed by atoms with E-state index in [9.17, 15) is 4.79 Å². The van der Waals surface area contributed by atoms with Crippen molar-refractivity contribution in [3.63, 3.8) is 0 Å². The van der Waals surface area contributed by atoms with Crippen LogP contribution in [0.15, 0.2) is 54.7 Å². The summed E-state index contributed by atoms with van der Waals surface area (Å²) in [5.41, 5.74) is 2.11. The second-order valence-corrected chi connectivity index (χ2v) is 4.63. The fourth-order valence-electron chi connectivity index (χ4n) is 2.13. The summed E-state index contributed by atoms with van der Waals surface area (Å²) in [6.07, 6.45) is 1.80. The van der Waals surface area contributed by atoms with E-state index in [1.807, 2.05) is 34.9 Å². The third kappa shape index (κ3) is 1.98. The van der Waals surface area contributed by atoms with Crippen LogP contribution in [-0.2, 0) is 0 Å². The second-order valence-electron chi connectivity index (χ2n) is 4.22. The number of carbonyl (C=O) groups is 1. The number of carboxylic acids is 1. The van der Waals surface area contributed by atoms with Crippen molar-refractivity contribution >= 4 is 28.5 Å². The van der Waals surface area contributed by atoms with Crippen LogP contribution in [0.25, 0.3) is 16.6 Å². The molecule has 0 saturated heterocycles. The summed E-state index contributed by atoms with van der Waals surface area (Å²) in [6, 6.07) is 14.7. The number of para-hydroxylation sites is 1. The van der Waals surface area contributed by atoms with Crippen molar-refractivity contribution in [1.29, 1.82) is 0 Å². The Morgan fingerprint density at radius 1 is 1.11 bits per heavy atom. The van der Waals surface area contributed by atoms with E-state index < -0.39 is 5.97 Å². The minimum Gasteiger partial charge on any atom is -0.478 e. The molecule has 0 atom stereocenters. The van der Waals surface area contributed by atoms with Gasteiger partial charge < -0.3 is 9.67 Å². The van der Waals surface area contributed by atoms with Gasteiger partial charge in [0.05, 0.1) is 16.1 Å². The van der Waals surface area contributed by atoms with Crippen molar-refractivity contribution in [1.82, 2.24) is 4.57 Å². The third-order valence-corrected chi connectivity index (χ3v) is 3.34. The van der Waals surface area contributed by atoms with Crippen molar-refractivity contribution in [2.24, 2.45) is 0 Å². The first-order chi connectivity index (χ1) is 9.16. The molecule has 3 nitrogen and oxygen atoms in total. The zero-order valence-electron chi connectivity index (χ0n) is 9.88. The summed E-state index contributed by atoms with van der Waals surface area (Å²) in [5.74, 6) is -0.953. The number of hydrogen-bond acceptors (Lipinski definition) is 1. The lowest BCUT2D eigenvalue weighted by Crippen LogP contribution is -1.96. The zero-order valence-corrected chi connectivity index (χ0v) is 10.6. The Morgan fingerprint density at radius 2 is 1.84 bits per heavy atom. The smallest absolute Gasteiger partial charge is 0.335 e. The molecule has 1 heterocycles. The van der Waals surface area contributed by atoms with E-state index >= 15 is 0 Å². The highest BCUT2D eigenvalue weighted by Crippen LogP contribution is 2.29. The van der Waals surface area contributed by atoms with Crippen LogP contribution in [0, 0.1) is 0 Å². The molecule has 0 radical (unpaired) electrons. The molecule has 4 heteroatoms. The minimum absolute atomic E-state index is 0.236. The van der Waals surface area contributed by atoms with E-state index in [2.05, 4.69) is 0 Å². The largest absolute Gasteiger partial charge is 0.478 e. The average Bonchev–Trinajstić information content (AvgIpc) is 2.77. The van der Waals surface area contributed by atoms with Gasteiger partial charge in [0.1, 0.15) is 0 Å². The second kappa shape index (κ2) is 4.44. The average molecular weight is 272 g/mol. The van der Waals surface area contributed by atoms with Crippen molar-refractivity contribution in [2.45, 2.75) is 0 Å². The van der Waals surface area contributed by atoms with Gasteiger partial charge >= 0.3 is 5.97 Å². The molecule has 0 saturated carbocycles. The zero-order chi connectivity index (χ0) is 13.4. The van der Waals surface area contributed by atoms with Crippen molar-refractivity contribution in [2.75, 3.05) is 0 Å². The first-order valence-corrected chi connectivity index (χ1v) is 6.14. The Labute approximate surface area is 114 Å². The number of aromatic nitrogens is 1. The topological polar surface area (TPSA) is 42.2 Å². The van der Waals surface area contributed by atoms with Crippen molar-refractivity contribution < 1.29 is 9.90 Å². The Balaban J connectivity index is 2.26. The molecule has 0 bridgehead atoms. The van der Waals surface area contributed by atoms with Gasteiger partial charge in [0.2, 0.25) is 0 Å². The summed E-state index contributed by atoms with van der Waals surface area (Å²) in [5, 5.41) is 10.3. The monoisotopic (exact) mass is 271 g/mol. The lowest BCUT2D eigenvalue weighted by Gasteiger charge is -2.04. The lowest BCUT2D eigenvalue weighted by atomic mass is 10.1. The van der Waals surface area contributed by atoms with E-state index in [-0.39, 0.29) is 5.56 Å². The summed E-state index contributed by atoms with van der Waals surface area (Å²) in [4.78, 5) is 11.0. The van der Waals surface area contributed by atoms with Gasteiger partial charge in [-0.2, -0.15) is 0 Å². The van der Waals surface area contributed by atoms with E-state index in [4.69, 9.17) is 16.7 Å². The molecule has 0 aliphatic rings. The molecule has 0 spiro atoms. The molecule has 0 aliphatic carbocycles. The van der Waals surface area contributed by atoms with Crippen molar-refractivity contribution in [3.8, 4) is 5.69 Å². The van der Waals surface area contributed by atoms with Gasteiger partial charge in [0, 0.05) is 17.3 Å². The number of fused-ring (bicyclic) bond motifs is 1. The Kier molecular flexibility index (Phi) is 2.76. The highest BCUT2D eigenvalue weighted by Gasteiger charge is 2.11. The number of halogens is 1. The predicted octanol–water partition coefficient (Wildman–Crippen LogP) is 3.98. The number of aromatic carboxylic acids is 1. The summed E-state index contributed by atoms with van der Waals surface area (Å²) >= 11 is 6.19. The van der Waals surface area contributed by atoms with E-state index in [1.54, 1.807) is 24.4 Å². The fraction of sp³-hybridized carbons (Fsp3) is 0. The highest BCUT2D eigenvalue weighted by atomic mass is 35.5. The molecule has 94 valence electrons. The molecule has 2 aromatic carbocycles. The quantitative estimate of drug-likeness (QED) is 0.766. The number of rotatable bonds is 2. The van der Waals surface area contributed by atoms with Crippen LogP contribution in [0.3, 0.4) is 0 Å². The molecular weight excluding hydrogens is 262 g/mol. The van der Waals surface area contributed by atoms with Gasteiger partial charge in [-0.1, -0.05) is 29.8 Å². The third-order valence-electron chi connectivity index (χ3n) is 3.04. The van der Waals surface area contributed by atoms with Crippen LogP contribution in [0.4, 0.5) is 0 Å². The van der Waals surface area contributed by atoms with Gasteiger partial charge in [-0.3, -0.25) is 0 Å². The van der Waals surface area contributed by atoms with E-state index in [1.165, 1.54) is 0 Å². The minimum atomic E-state index is -0.953. The van der Waals surface area contributed by atoms with Gasteiger partial charge in [0.25, 0.3) is 0 Å². The molecule has 3 rings (SSSR count). The highest BCUT2D eigenvalue weighted by molar-refractivity contribution is 6.35. The van der Waals surface area contributed by atoms with Gasteiger partial charge in [-0.05, 0) is 30.3 Å². The summed E-state index contributed by atoms with van der Waals surface area (Å²) < 4.78 is 1.95. The molecule has 0 unspecified atom stereocenters. The van der Waals surface area contributed by atoms with Gasteiger partial charge in [-0.15, -0.1) is 0 Å². The Morgan fingerprint density at radius 3 is 2.53 bits per heavy atom. The van der Waals surface area contributed by atoms with E-state index in [0.29, 0.717) is 5.02 Å². The Bertz CT molecular complexity index is 762. The Hall–Kier alpha value is -2.26. The fourth-order valence-corrected chi connectivity index (χ4v) is 2.37. The SMILES string of the molecule is O=C(O)c1ccc2c(c1)c(Cl)cn2-c1ccccc1. The molecule has 0 aliphatic heterocycles. The van der Waals surface area contributed by atoms with Crippen LogP contribution in [-0.4, -0.2) is 15.6 Å². The normalized spacial score (nSPS) is 10.8. The molecular formula is C15H10ClNO2. The van der Waals surface area contributed by atoms with E-state index in [0.717, 1.165) is 16.6 Å². The summed E-state index contributed by atoms with van der Waals surface area (Å²) in [6.45, 7) is 0. The summed E-state index contributed by atoms with van der Waals surface area (Å²) in [7, 11) is 0. The standard InChI is InChI=1S/C15H10ClNO2/c16-13-9-17(11-4-2-1-3-5-11)14-7-6-10(15(18)19)8-12(13)14/h1-9H,(H,18,19). The van der Waals surface area contributed by atoms with Crippen LogP contribution in [0.5, 0.6) is 0 Å². The maximum atomic E-state index is 11.0. The van der Waals surface area contributed by atoms with Crippen LogP contribution in [0.2, 0.25) is 5.02 Å². The number of nitrogens with zero attached hydrogens (tertiary/aromatic N) is 1. The first kappa shape index (κ1) is 11.8. The van der Waals surface area contributed by atoms with Crippen molar-refractivity contribution in [3.05, 3.63) is 65.3 Å². The molecule has 1 N–H and O–H groups in total. The predicted molar refractivity (Wildman–Crippen MR) is 75.2 cm³/mol. The molecule has 19 heavy (non-hydrogen) atoms. The number of carboxylic acid groups (broad SMARTS) is 1. The number of benzene rings is 2. The maximum Gasteiger partial charge on any atom is 0.335 e. The molecule has 1 aromatic heterocycles. The van der Waals surface area contributed by atoms with Crippen LogP contribution >= 0.6 is 11.6 Å². The molecule has 3 aromatic rings. The maximum absolute atomic E-state index is 11.0. The lowest BCUT2D eigenvalue weighted by molar-refractivity contribution is 0.0697.